The molecule has 0 aliphatic rings. The van der Waals surface area contributed by atoms with E-state index in [9.17, 15) is 4.79 Å². The van der Waals surface area contributed by atoms with Crippen LogP contribution in [-0.4, -0.2) is 23.4 Å². The lowest BCUT2D eigenvalue weighted by Crippen LogP contribution is -2.33. The molecule has 1 atom stereocenters. The van der Waals surface area contributed by atoms with Gasteiger partial charge in [-0.15, -0.1) is 0 Å². The maximum atomic E-state index is 12.5. The maximum Gasteiger partial charge on any atom is 0.181 e. The summed E-state index contributed by atoms with van der Waals surface area (Å²) in [7, 11) is 1.83. The van der Waals surface area contributed by atoms with Gasteiger partial charge >= 0.3 is 0 Å². The molecule has 102 valence electrons. The number of hydrogen-bond donors (Lipinski definition) is 1. The molecule has 3 nitrogen and oxygen atoms in total. The predicted octanol–water partition coefficient (Wildman–Crippen LogP) is 3.60. The van der Waals surface area contributed by atoms with Gasteiger partial charge in [-0.25, -0.2) is 0 Å². The van der Waals surface area contributed by atoms with E-state index in [1.807, 2.05) is 32.3 Å². The van der Waals surface area contributed by atoms with Gasteiger partial charge in [0.05, 0.1) is 6.04 Å². The number of aromatic nitrogens is 1. The SMILES string of the molecule is CCC(NC)C(=O)c1cn(CC)c2cc(Br)ccc12. The fraction of sp³-hybridized carbons (Fsp3) is 0.400. The third kappa shape index (κ3) is 2.60. The van der Waals surface area contributed by atoms with Crippen molar-refractivity contribution < 1.29 is 4.79 Å². The van der Waals surface area contributed by atoms with Crippen molar-refractivity contribution >= 4 is 32.6 Å². The Morgan fingerprint density at radius 3 is 2.74 bits per heavy atom. The summed E-state index contributed by atoms with van der Waals surface area (Å²) in [4.78, 5) is 12.5. The van der Waals surface area contributed by atoms with E-state index in [-0.39, 0.29) is 11.8 Å². The van der Waals surface area contributed by atoms with Crippen LogP contribution in [0.1, 0.15) is 30.6 Å². The standard InChI is InChI=1S/C15H19BrN2O/c1-4-13(17-3)15(19)12-9-18(5-2)14-8-10(16)6-7-11(12)14/h6-9,13,17H,4-5H2,1-3H3. The highest BCUT2D eigenvalue weighted by atomic mass is 79.9. The van der Waals surface area contributed by atoms with Crippen LogP contribution in [0, 0.1) is 0 Å². The summed E-state index contributed by atoms with van der Waals surface area (Å²) in [6, 6.07) is 5.95. The topological polar surface area (TPSA) is 34.0 Å². The largest absolute Gasteiger partial charge is 0.347 e. The smallest absolute Gasteiger partial charge is 0.181 e. The van der Waals surface area contributed by atoms with Gasteiger partial charge in [0.1, 0.15) is 0 Å². The number of carbonyl (C=O) groups is 1. The molecule has 19 heavy (non-hydrogen) atoms. The van der Waals surface area contributed by atoms with Crippen LogP contribution in [0.25, 0.3) is 10.9 Å². The van der Waals surface area contributed by atoms with Gasteiger partial charge in [-0.1, -0.05) is 28.9 Å². The Balaban J connectivity index is 2.58. The van der Waals surface area contributed by atoms with Gasteiger partial charge in [-0.05, 0) is 32.5 Å². The molecule has 0 radical (unpaired) electrons. The summed E-state index contributed by atoms with van der Waals surface area (Å²) in [5.74, 6) is 0.171. The second kappa shape index (κ2) is 5.88. The molecule has 0 aliphatic heterocycles. The van der Waals surface area contributed by atoms with Crippen LogP contribution in [0.5, 0.6) is 0 Å². The van der Waals surface area contributed by atoms with Crippen molar-refractivity contribution in [2.45, 2.75) is 32.9 Å². The summed E-state index contributed by atoms with van der Waals surface area (Å²) >= 11 is 3.49. The van der Waals surface area contributed by atoms with Crippen LogP contribution in [0.4, 0.5) is 0 Å². The molecule has 0 aliphatic carbocycles. The Labute approximate surface area is 122 Å². The van der Waals surface area contributed by atoms with Gasteiger partial charge in [0.2, 0.25) is 0 Å². The first kappa shape index (κ1) is 14.3. The van der Waals surface area contributed by atoms with Gasteiger partial charge in [0.15, 0.2) is 5.78 Å². The van der Waals surface area contributed by atoms with Crippen molar-refractivity contribution in [2.24, 2.45) is 0 Å². The number of likely N-dealkylation sites (N-methyl/N-ethyl adjacent to an activating group) is 1. The molecule has 2 rings (SSSR count). The zero-order valence-electron chi connectivity index (χ0n) is 11.5. The zero-order valence-corrected chi connectivity index (χ0v) is 13.1. The van der Waals surface area contributed by atoms with Crippen molar-refractivity contribution in [3.63, 3.8) is 0 Å². The number of aryl methyl sites for hydroxylation is 1. The fourth-order valence-electron chi connectivity index (χ4n) is 2.43. The molecule has 1 unspecified atom stereocenters. The van der Waals surface area contributed by atoms with E-state index in [0.29, 0.717) is 0 Å². The predicted molar refractivity (Wildman–Crippen MR) is 82.8 cm³/mol. The van der Waals surface area contributed by atoms with E-state index < -0.39 is 0 Å². The highest BCUT2D eigenvalue weighted by Crippen LogP contribution is 2.26. The number of fused-ring (bicyclic) bond motifs is 1. The second-order valence-corrected chi connectivity index (χ2v) is 5.52. The summed E-state index contributed by atoms with van der Waals surface area (Å²) in [5, 5.41) is 4.12. The quantitative estimate of drug-likeness (QED) is 0.853. The number of hydrogen-bond acceptors (Lipinski definition) is 2. The Bertz CT molecular complexity index is 599. The van der Waals surface area contributed by atoms with Crippen molar-refractivity contribution in [3.8, 4) is 0 Å². The van der Waals surface area contributed by atoms with Crippen LogP contribution in [0.3, 0.4) is 0 Å². The van der Waals surface area contributed by atoms with Crippen molar-refractivity contribution in [1.82, 2.24) is 9.88 Å². The molecule has 0 bridgehead atoms. The molecule has 0 fully saturated rings. The number of nitrogens with one attached hydrogen (secondary N) is 1. The maximum absolute atomic E-state index is 12.5. The molecule has 0 saturated heterocycles. The Kier molecular flexibility index (Phi) is 4.42. The summed E-state index contributed by atoms with van der Waals surface area (Å²) in [5.41, 5.74) is 1.91. The van der Waals surface area contributed by atoms with E-state index >= 15 is 0 Å². The van der Waals surface area contributed by atoms with Crippen LogP contribution < -0.4 is 5.32 Å². The lowest BCUT2D eigenvalue weighted by atomic mass is 10.0. The van der Waals surface area contributed by atoms with Crippen LogP contribution >= 0.6 is 15.9 Å². The number of halogens is 1. The monoisotopic (exact) mass is 322 g/mol. The van der Waals surface area contributed by atoms with Crippen LogP contribution in [0.2, 0.25) is 0 Å². The number of benzene rings is 1. The molecule has 0 saturated carbocycles. The van der Waals surface area contributed by atoms with Gasteiger partial charge in [-0.3, -0.25) is 4.79 Å². The average Bonchev–Trinajstić information content (AvgIpc) is 2.77. The third-order valence-corrected chi connectivity index (χ3v) is 4.02. The number of nitrogens with zero attached hydrogens (tertiary/aromatic N) is 1. The van der Waals surface area contributed by atoms with E-state index in [0.717, 1.165) is 33.9 Å². The molecule has 1 N–H and O–H groups in total. The first-order valence-corrected chi connectivity index (χ1v) is 7.41. The van der Waals surface area contributed by atoms with E-state index in [4.69, 9.17) is 0 Å². The molecule has 2 aromatic rings. The number of rotatable bonds is 5. The molecule has 1 aromatic carbocycles. The molecular formula is C15H19BrN2O. The first-order chi connectivity index (χ1) is 9.12. The Morgan fingerprint density at radius 1 is 1.42 bits per heavy atom. The van der Waals surface area contributed by atoms with Crippen molar-refractivity contribution in [3.05, 3.63) is 34.4 Å². The summed E-state index contributed by atoms with van der Waals surface area (Å²) in [6.07, 6.45) is 2.77. The zero-order chi connectivity index (χ0) is 14.0. The molecular weight excluding hydrogens is 304 g/mol. The number of Topliss-reactive ketones (excluding diaryl/α,β-unsaturated/α-hetero) is 1. The van der Waals surface area contributed by atoms with E-state index in [1.165, 1.54) is 0 Å². The summed E-state index contributed by atoms with van der Waals surface area (Å²) < 4.78 is 3.16. The molecule has 0 spiro atoms. The summed E-state index contributed by atoms with van der Waals surface area (Å²) in [6.45, 7) is 4.97. The number of carbonyl (C=O) groups excluding carboxylic acids is 1. The minimum atomic E-state index is -0.112. The highest BCUT2D eigenvalue weighted by molar-refractivity contribution is 9.10. The minimum absolute atomic E-state index is 0.112. The van der Waals surface area contributed by atoms with E-state index in [2.05, 4.69) is 38.8 Å². The van der Waals surface area contributed by atoms with Crippen molar-refractivity contribution in [2.75, 3.05) is 7.05 Å². The van der Waals surface area contributed by atoms with E-state index in [1.54, 1.807) is 0 Å². The van der Waals surface area contributed by atoms with Gasteiger partial charge in [0, 0.05) is 33.7 Å². The van der Waals surface area contributed by atoms with Crippen molar-refractivity contribution in [1.29, 1.82) is 0 Å². The molecule has 1 heterocycles. The van der Waals surface area contributed by atoms with Gasteiger partial charge in [-0.2, -0.15) is 0 Å². The van der Waals surface area contributed by atoms with Gasteiger partial charge in [0.25, 0.3) is 0 Å². The second-order valence-electron chi connectivity index (χ2n) is 4.60. The normalized spacial score (nSPS) is 12.8. The van der Waals surface area contributed by atoms with Crippen LogP contribution in [0.15, 0.2) is 28.9 Å². The average molecular weight is 323 g/mol. The number of ketones is 1. The Morgan fingerprint density at radius 2 is 2.16 bits per heavy atom. The first-order valence-electron chi connectivity index (χ1n) is 6.62. The molecule has 1 aromatic heterocycles. The lowest BCUT2D eigenvalue weighted by molar-refractivity contribution is 0.0946. The molecule has 4 heteroatoms. The third-order valence-electron chi connectivity index (χ3n) is 3.52. The van der Waals surface area contributed by atoms with Crippen LogP contribution in [-0.2, 0) is 6.54 Å². The highest BCUT2D eigenvalue weighted by Gasteiger charge is 2.21. The van der Waals surface area contributed by atoms with Gasteiger partial charge < -0.3 is 9.88 Å². The Hall–Kier alpha value is -1.13. The fourth-order valence-corrected chi connectivity index (χ4v) is 2.78. The lowest BCUT2D eigenvalue weighted by Gasteiger charge is -2.11. The molecule has 0 amide bonds. The minimum Gasteiger partial charge on any atom is -0.347 e.